The van der Waals surface area contributed by atoms with Crippen LogP contribution >= 0.6 is 0 Å². The van der Waals surface area contributed by atoms with Gasteiger partial charge in [0, 0.05) is 38.2 Å². The Labute approximate surface area is 153 Å². The molecule has 0 atom stereocenters. The van der Waals surface area contributed by atoms with E-state index in [1.54, 1.807) is 6.20 Å². The fourth-order valence-electron chi connectivity index (χ4n) is 3.24. The molecule has 0 saturated heterocycles. The third-order valence-corrected chi connectivity index (χ3v) is 4.76. The maximum absolute atomic E-state index is 4.59. The molecular formula is C21H21N5. The maximum Gasteiger partial charge on any atom is 0.134 e. The molecule has 0 N–H and O–H groups in total. The van der Waals surface area contributed by atoms with Crippen LogP contribution in [0.25, 0.3) is 22.2 Å². The van der Waals surface area contributed by atoms with Crippen LogP contribution in [-0.2, 0) is 13.5 Å². The summed E-state index contributed by atoms with van der Waals surface area (Å²) in [5, 5.41) is 0. The molecule has 0 bridgehead atoms. The molecule has 0 amide bonds. The molecule has 3 aromatic heterocycles. The van der Waals surface area contributed by atoms with E-state index in [4.69, 9.17) is 0 Å². The zero-order valence-electron chi connectivity index (χ0n) is 15.2. The second-order valence-corrected chi connectivity index (χ2v) is 6.38. The Balaban J connectivity index is 1.74. The summed E-state index contributed by atoms with van der Waals surface area (Å²) in [5.74, 6) is 0.907. The van der Waals surface area contributed by atoms with Gasteiger partial charge in [-0.15, -0.1) is 0 Å². The summed E-state index contributed by atoms with van der Waals surface area (Å²) >= 11 is 0. The number of aromatic nitrogens is 4. The lowest BCUT2D eigenvalue weighted by atomic mass is 10.0. The molecule has 0 aliphatic heterocycles. The Kier molecular flexibility index (Phi) is 4.13. The Morgan fingerprint density at radius 2 is 1.92 bits per heavy atom. The van der Waals surface area contributed by atoms with Crippen molar-refractivity contribution in [3.05, 3.63) is 66.9 Å². The van der Waals surface area contributed by atoms with Crippen LogP contribution in [-0.4, -0.2) is 26.6 Å². The van der Waals surface area contributed by atoms with E-state index in [-0.39, 0.29) is 0 Å². The quantitative estimate of drug-likeness (QED) is 0.552. The topological polar surface area (TPSA) is 46.8 Å². The first-order valence-corrected chi connectivity index (χ1v) is 8.71. The third-order valence-electron chi connectivity index (χ3n) is 4.76. The number of hydrogen-bond donors (Lipinski definition) is 0. The molecule has 26 heavy (non-hydrogen) atoms. The standard InChI is InChI=1S/C21H21N5/c1-4-15-10-16(17-6-5-9-22-12-17)7-8-19(15)26(3)21-11-20-18(13-23-21)24-14-25(20)2/h5-14H,4H2,1-3H3. The number of anilines is 2. The highest BCUT2D eigenvalue weighted by Gasteiger charge is 2.13. The molecule has 0 aliphatic rings. The average Bonchev–Trinajstić information content (AvgIpc) is 3.08. The normalized spacial score (nSPS) is 11.0. The molecule has 4 aromatic rings. The number of pyridine rings is 2. The third kappa shape index (κ3) is 2.81. The molecule has 0 saturated carbocycles. The Morgan fingerprint density at radius 3 is 2.69 bits per heavy atom. The number of fused-ring (bicyclic) bond motifs is 1. The number of rotatable bonds is 4. The first-order valence-electron chi connectivity index (χ1n) is 8.71. The van der Waals surface area contributed by atoms with Crippen molar-refractivity contribution in [1.29, 1.82) is 0 Å². The van der Waals surface area contributed by atoms with E-state index in [0.29, 0.717) is 0 Å². The van der Waals surface area contributed by atoms with Gasteiger partial charge in [-0.2, -0.15) is 0 Å². The lowest BCUT2D eigenvalue weighted by Gasteiger charge is -2.22. The second kappa shape index (κ2) is 6.59. The van der Waals surface area contributed by atoms with Crippen LogP contribution in [0.3, 0.4) is 0 Å². The van der Waals surface area contributed by atoms with Crippen LogP contribution in [0, 0.1) is 0 Å². The molecule has 0 spiro atoms. The summed E-state index contributed by atoms with van der Waals surface area (Å²) in [5.41, 5.74) is 6.74. The van der Waals surface area contributed by atoms with Crippen LogP contribution in [0.4, 0.5) is 11.5 Å². The second-order valence-electron chi connectivity index (χ2n) is 6.38. The molecule has 3 heterocycles. The van der Waals surface area contributed by atoms with Crippen LogP contribution in [0.15, 0.2) is 61.3 Å². The minimum Gasteiger partial charge on any atom is -0.334 e. The van der Waals surface area contributed by atoms with Crippen LogP contribution in [0.5, 0.6) is 0 Å². The molecule has 4 rings (SSSR count). The molecule has 0 radical (unpaired) electrons. The summed E-state index contributed by atoms with van der Waals surface area (Å²) in [6, 6.07) is 12.7. The zero-order chi connectivity index (χ0) is 18.1. The number of hydrogen-bond acceptors (Lipinski definition) is 4. The van der Waals surface area contributed by atoms with Crippen molar-refractivity contribution in [2.45, 2.75) is 13.3 Å². The molecule has 5 heteroatoms. The van der Waals surface area contributed by atoms with Crippen LogP contribution in [0.1, 0.15) is 12.5 Å². The van der Waals surface area contributed by atoms with Crippen LogP contribution < -0.4 is 4.90 Å². The predicted octanol–water partition coefficient (Wildman–Crippen LogP) is 4.36. The lowest BCUT2D eigenvalue weighted by Crippen LogP contribution is -2.13. The van der Waals surface area contributed by atoms with Crippen molar-refractivity contribution in [2.24, 2.45) is 7.05 Å². The molecule has 0 aliphatic carbocycles. The Morgan fingerprint density at radius 1 is 1.04 bits per heavy atom. The predicted molar refractivity (Wildman–Crippen MR) is 106 cm³/mol. The van der Waals surface area contributed by atoms with E-state index in [1.165, 1.54) is 11.1 Å². The number of imidazole rings is 1. The van der Waals surface area contributed by atoms with Crippen molar-refractivity contribution < 1.29 is 0 Å². The highest BCUT2D eigenvalue weighted by molar-refractivity contribution is 5.79. The van der Waals surface area contributed by atoms with Gasteiger partial charge in [-0.05, 0) is 41.3 Å². The first-order chi connectivity index (χ1) is 12.7. The van der Waals surface area contributed by atoms with Gasteiger partial charge in [0.25, 0.3) is 0 Å². The minimum absolute atomic E-state index is 0.907. The van der Waals surface area contributed by atoms with Gasteiger partial charge in [0.1, 0.15) is 11.3 Å². The van der Waals surface area contributed by atoms with Crippen molar-refractivity contribution in [1.82, 2.24) is 19.5 Å². The van der Waals surface area contributed by atoms with Crippen molar-refractivity contribution >= 4 is 22.5 Å². The van der Waals surface area contributed by atoms with Crippen LogP contribution in [0.2, 0.25) is 0 Å². The van der Waals surface area contributed by atoms with Gasteiger partial charge in [-0.25, -0.2) is 9.97 Å². The van der Waals surface area contributed by atoms with Gasteiger partial charge < -0.3 is 9.47 Å². The fraction of sp³-hybridized carbons (Fsp3) is 0.190. The largest absolute Gasteiger partial charge is 0.334 e. The fourth-order valence-corrected chi connectivity index (χ4v) is 3.24. The molecule has 130 valence electrons. The zero-order valence-corrected chi connectivity index (χ0v) is 15.2. The van der Waals surface area contributed by atoms with E-state index in [9.17, 15) is 0 Å². The van der Waals surface area contributed by atoms with E-state index < -0.39 is 0 Å². The molecule has 1 aromatic carbocycles. The van der Waals surface area contributed by atoms with Gasteiger partial charge in [0.15, 0.2) is 0 Å². The first kappa shape index (κ1) is 16.3. The van der Waals surface area contributed by atoms with Gasteiger partial charge >= 0.3 is 0 Å². The summed E-state index contributed by atoms with van der Waals surface area (Å²) < 4.78 is 2.01. The average molecular weight is 343 g/mol. The summed E-state index contributed by atoms with van der Waals surface area (Å²) in [6.07, 6.45) is 8.29. The summed E-state index contributed by atoms with van der Waals surface area (Å²) in [6.45, 7) is 2.18. The molecule has 5 nitrogen and oxygen atoms in total. The van der Waals surface area contributed by atoms with Gasteiger partial charge in [0.05, 0.1) is 18.0 Å². The van der Waals surface area contributed by atoms with Gasteiger partial charge in [-0.3, -0.25) is 4.98 Å². The van der Waals surface area contributed by atoms with E-state index in [0.717, 1.165) is 34.5 Å². The van der Waals surface area contributed by atoms with Gasteiger partial charge in [-0.1, -0.05) is 19.1 Å². The van der Waals surface area contributed by atoms with E-state index in [2.05, 4.69) is 64.2 Å². The Hall–Kier alpha value is -3.21. The highest BCUT2D eigenvalue weighted by atomic mass is 15.2. The molecule has 0 unspecified atom stereocenters. The number of aryl methyl sites for hydroxylation is 2. The number of nitrogens with zero attached hydrogens (tertiary/aromatic N) is 5. The number of benzene rings is 1. The monoisotopic (exact) mass is 343 g/mol. The van der Waals surface area contributed by atoms with E-state index in [1.807, 2.05) is 36.4 Å². The minimum atomic E-state index is 0.907. The highest BCUT2D eigenvalue weighted by Crippen LogP contribution is 2.31. The van der Waals surface area contributed by atoms with E-state index >= 15 is 0 Å². The smallest absolute Gasteiger partial charge is 0.134 e. The molecular weight excluding hydrogens is 322 g/mol. The SMILES string of the molecule is CCc1cc(-c2cccnc2)ccc1N(C)c1cc2c(cn1)ncn2C. The lowest BCUT2D eigenvalue weighted by molar-refractivity contribution is 0.946. The molecule has 0 fully saturated rings. The Bertz CT molecular complexity index is 1050. The van der Waals surface area contributed by atoms with Crippen molar-refractivity contribution in [3.8, 4) is 11.1 Å². The maximum atomic E-state index is 4.59. The summed E-state index contributed by atoms with van der Waals surface area (Å²) in [7, 11) is 4.06. The van der Waals surface area contributed by atoms with Crippen molar-refractivity contribution in [3.63, 3.8) is 0 Å². The van der Waals surface area contributed by atoms with Gasteiger partial charge in [0.2, 0.25) is 0 Å². The summed E-state index contributed by atoms with van der Waals surface area (Å²) in [4.78, 5) is 15.3. The van der Waals surface area contributed by atoms with Crippen molar-refractivity contribution in [2.75, 3.05) is 11.9 Å².